The van der Waals surface area contributed by atoms with Crippen molar-refractivity contribution in [3.05, 3.63) is 0 Å². The zero-order chi connectivity index (χ0) is 14.2. The number of ether oxygens (including phenoxy) is 2. The van der Waals surface area contributed by atoms with Gasteiger partial charge in [-0.05, 0) is 52.2 Å². The van der Waals surface area contributed by atoms with Crippen molar-refractivity contribution in [3.63, 3.8) is 0 Å². The van der Waals surface area contributed by atoms with Crippen LogP contribution in [0.3, 0.4) is 0 Å². The summed E-state index contributed by atoms with van der Waals surface area (Å²) in [5, 5.41) is 3.44. The number of likely N-dealkylation sites (N-methyl/N-ethyl adjacent to an activating group) is 1. The van der Waals surface area contributed by atoms with E-state index in [1.807, 2.05) is 0 Å². The van der Waals surface area contributed by atoms with Crippen molar-refractivity contribution in [2.45, 2.75) is 63.7 Å². The number of likely N-dealkylation sites (tertiary alicyclic amines) is 1. The lowest BCUT2D eigenvalue weighted by atomic mass is 10.0. The molecule has 0 aromatic heterocycles. The third kappa shape index (κ3) is 5.32. The normalized spacial score (nSPS) is 31.8. The average Bonchev–Trinajstić information content (AvgIpc) is 2.89. The number of piperidine rings is 1. The molecule has 0 aliphatic carbocycles. The summed E-state index contributed by atoms with van der Waals surface area (Å²) in [5.41, 5.74) is 0. The van der Waals surface area contributed by atoms with E-state index < -0.39 is 0 Å². The summed E-state index contributed by atoms with van der Waals surface area (Å²) in [4.78, 5) is 2.44. The van der Waals surface area contributed by atoms with Crippen molar-refractivity contribution in [2.24, 2.45) is 0 Å². The molecular weight excluding hydrogens is 252 g/mol. The highest BCUT2D eigenvalue weighted by Crippen LogP contribution is 2.20. The molecule has 3 unspecified atom stereocenters. The van der Waals surface area contributed by atoms with Gasteiger partial charge in [-0.15, -0.1) is 0 Å². The van der Waals surface area contributed by atoms with Gasteiger partial charge in [0.2, 0.25) is 0 Å². The van der Waals surface area contributed by atoms with E-state index in [1.165, 1.54) is 38.6 Å². The second kappa shape index (κ2) is 8.98. The SMILES string of the molecule is CCCNCC1CCC(COCC2CCCCN2C)O1. The molecule has 0 aromatic rings. The molecule has 3 atom stereocenters. The van der Waals surface area contributed by atoms with Crippen molar-refractivity contribution in [2.75, 3.05) is 39.9 Å². The van der Waals surface area contributed by atoms with Crippen molar-refractivity contribution < 1.29 is 9.47 Å². The van der Waals surface area contributed by atoms with Crippen molar-refractivity contribution in [1.29, 1.82) is 0 Å². The Labute approximate surface area is 124 Å². The van der Waals surface area contributed by atoms with Gasteiger partial charge < -0.3 is 19.7 Å². The number of nitrogens with zero attached hydrogens (tertiary/aromatic N) is 1. The first-order chi connectivity index (χ1) is 9.79. The largest absolute Gasteiger partial charge is 0.377 e. The highest BCUT2D eigenvalue weighted by Gasteiger charge is 2.26. The first-order valence-electron chi connectivity index (χ1n) is 8.43. The third-order valence-electron chi connectivity index (χ3n) is 4.53. The number of rotatable bonds is 8. The van der Waals surface area contributed by atoms with Gasteiger partial charge in [0.15, 0.2) is 0 Å². The van der Waals surface area contributed by atoms with Gasteiger partial charge in [0, 0.05) is 12.6 Å². The molecule has 2 heterocycles. The summed E-state index contributed by atoms with van der Waals surface area (Å²) in [6, 6.07) is 0.618. The Hall–Kier alpha value is -0.160. The summed E-state index contributed by atoms with van der Waals surface area (Å²) in [7, 11) is 2.22. The van der Waals surface area contributed by atoms with E-state index in [-0.39, 0.29) is 0 Å². The van der Waals surface area contributed by atoms with Crippen LogP contribution >= 0.6 is 0 Å². The van der Waals surface area contributed by atoms with Crippen LogP contribution in [0.4, 0.5) is 0 Å². The molecule has 2 aliphatic rings. The van der Waals surface area contributed by atoms with Crippen LogP contribution in [-0.4, -0.2) is 63.0 Å². The molecule has 0 radical (unpaired) electrons. The van der Waals surface area contributed by atoms with Crippen molar-refractivity contribution in [3.8, 4) is 0 Å². The summed E-state index contributed by atoms with van der Waals surface area (Å²) < 4.78 is 11.9. The highest BCUT2D eigenvalue weighted by molar-refractivity contribution is 4.77. The van der Waals surface area contributed by atoms with Crippen LogP contribution in [0, 0.1) is 0 Å². The summed E-state index contributed by atoms with van der Waals surface area (Å²) >= 11 is 0. The molecule has 0 saturated carbocycles. The average molecular weight is 284 g/mol. The maximum atomic E-state index is 6.02. The summed E-state index contributed by atoms with van der Waals surface area (Å²) in [5.74, 6) is 0. The molecule has 0 amide bonds. The van der Waals surface area contributed by atoms with Crippen LogP contribution in [0.5, 0.6) is 0 Å². The Kier molecular flexibility index (Phi) is 7.28. The van der Waals surface area contributed by atoms with Gasteiger partial charge in [0.05, 0.1) is 25.4 Å². The van der Waals surface area contributed by atoms with Crippen LogP contribution < -0.4 is 5.32 Å². The predicted molar refractivity (Wildman–Crippen MR) is 82.1 cm³/mol. The molecule has 1 N–H and O–H groups in total. The minimum Gasteiger partial charge on any atom is -0.377 e. The van der Waals surface area contributed by atoms with Gasteiger partial charge in [-0.25, -0.2) is 0 Å². The van der Waals surface area contributed by atoms with E-state index in [1.54, 1.807) is 0 Å². The van der Waals surface area contributed by atoms with Gasteiger partial charge >= 0.3 is 0 Å². The zero-order valence-electron chi connectivity index (χ0n) is 13.3. The third-order valence-corrected chi connectivity index (χ3v) is 4.53. The predicted octanol–water partition coefficient (Wildman–Crippen LogP) is 2.03. The van der Waals surface area contributed by atoms with E-state index in [0.29, 0.717) is 18.2 Å². The molecule has 4 nitrogen and oxygen atoms in total. The summed E-state index contributed by atoms with van der Waals surface area (Å²) in [6.07, 6.45) is 8.20. The Morgan fingerprint density at radius 2 is 2.00 bits per heavy atom. The van der Waals surface area contributed by atoms with E-state index in [2.05, 4.69) is 24.2 Å². The Morgan fingerprint density at radius 1 is 1.15 bits per heavy atom. The molecule has 0 spiro atoms. The Bertz CT molecular complexity index is 263. The molecule has 118 valence electrons. The standard InChI is InChI=1S/C16H32N2O2/c1-3-9-17-11-15-7-8-16(20-15)13-19-12-14-6-4-5-10-18(14)2/h14-17H,3-13H2,1-2H3. The fourth-order valence-corrected chi connectivity index (χ4v) is 3.18. The lowest BCUT2D eigenvalue weighted by molar-refractivity contribution is -0.0299. The van der Waals surface area contributed by atoms with Gasteiger partial charge in [0.1, 0.15) is 0 Å². The molecule has 2 rings (SSSR count). The fourth-order valence-electron chi connectivity index (χ4n) is 3.18. The molecular formula is C16H32N2O2. The molecule has 2 saturated heterocycles. The number of nitrogens with one attached hydrogen (secondary N) is 1. The minimum absolute atomic E-state index is 0.317. The molecule has 2 aliphatic heterocycles. The quantitative estimate of drug-likeness (QED) is 0.692. The summed E-state index contributed by atoms with van der Waals surface area (Å²) in [6.45, 7) is 7.15. The first-order valence-corrected chi connectivity index (χ1v) is 8.43. The van der Waals surface area contributed by atoms with E-state index >= 15 is 0 Å². The van der Waals surface area contributed by atoms with E-state index in [0.717, 1.165) is 32.7 Å². The number of hydrogen-bond donors (Lipinski definition) is 1. The van der Waals surface area contributed by atoms with Crippen LogP contribution in [-0.2, 0) is 9.47 Å². The van der Waals surface area contributed by atoms with E-state index in [4.69, 9.17) is 9.47 Å². The molecule has 0 aromatic carbocycles. The smallest absolute Gasteiger partial charge is 0.0813 e. The zero-order valence-corrected chi connectivity index (χ0v) is 13.3. The van der Waals surface area contributed by atoms with Crippen LogP contribution in [0.15, 0.2) is 0 Å². The van der Waals surface area contributed by atoms with Crippen molar-refractivity contribution in [1.82, 2.24) is 10.2 Å². The second-order valence-electron chi connectivity index (χ2n) is 6.33. The first kappa shape index (κ1) is 16.2. The van der Waals surface area contributed by atoms with Gasteiger partial charge in [0.25, 0.3) is 0 Å². The number of hydrogen-bond acceptors (Lipinski definition) is 4. The maximum Gasteiger partial charge on any atom is 0.0813 e. The minimum atomic E-state index is 0.317. The van der Waals surface area contributed by atoms with Gasteiger partial charge in [-0.2, -0.15) is 0 Å². The van der Waals surface area contributed by atoms with Crippen molar-refractivity contribution >= 4 is 0 Å². The maximum absolute atomic E-state index is 6.02. The second-order valence-corrected chi connectivity index (χ2v) is 6.33. The van der Waals surface area contributed by atoms with Crippen LogP contribution in [0.1, 0.15) is 45.4 Å². The molecule has 2 fully saturated rings. The van der Waals surface area contributed by atoms with Gasteiger partial charge in [-0.3, -0.25) is 0 Å². The Morgan fingerprint density at radius 3 is 2.80 bits per heavy atom. The van der Waals surface area contributed by atoms with Crippen LogP contribution in [0.2, 0.25) is 0 Å². The molecule has 0 bridgehead atoms. The lowest BCUT2D eigenvalue weighted by Crippen LogP contribution is -2.40. The van der Waals surface area contributed by atoms with Gasteiger partial charge in [-0.1, -0.05) is 13.3 Å². The van der Waals surface area contributed by atoms with E-state index in [9.17, 15) is 0 Å². The monoisotopic (exact) mass is 284 g/mol. The molecule has 4 heteroatoms. The lowest BCUT2D eigenvalue weighted by Gasteiger charge is -2.32. The topological polar surface area (TPSA) is 33.7 Å². The fraction of sp³-hybridized carbons (Fsp3) is 1.00. The molecule has 20 heavy (non-hydrogen) atoms. The van der Waals surface area contributed by atoms with Crippen LogP contribution in [0.25, 0.3) is 0 Å². The highest BCUT2D eigenvalue weighted by atomic mass is 16.5. The Balaban J connectivity index is 1.54.